The third-order valence-corrected chi connectivity index (χ3v) is 6.43. The molecule has 3 nitrogen and oxygen atoms in total. The molecule has 6 atom stereocenters. The van der Waals surface area contributed by atoms with E-state index in [-0.39, 0.29) is 23.3 Å². The fraction of sp³-hybridized carbons (Fsp3) is 0.941. The van der Waals surface area contributed by atoms with E-state index in [1.165, 1.54) is 19.8 Å². The van der Waals surface area contributed by atoms with E-state index in [0.29, 0.717) is 23.7 Å². The average Bonchev–Trinajstić information content (AvgIpc) is 2.72. The lowest BCUT2D eigenvalue weighted by Crippen LogP contribution is -2.47. The maximum absolute atomic E-state index is 11.4. The lowest BCUT2D eigenvalue weighted by molar-refractivity contribution is -0.173. The molecule has 2 bridgehead atoms. The Labute approximate surface area is 122 Å². The summed E-state index contributed by atoms with van der Waals surface area (Å²) in [6, 6.07) is 0. The van der Waals surface area contributed by atoms with Gasteiger partial charge in [0, 0.05) is 6.92 Å². The van der Waals surface area contributed by atoms with Gasteiger partial charge < -0.3 is 9.47 Å². The van der Waals surface area contributed by atoms with Crippen LogP contribution in [0.4, 0.5) is 0 Å². The van der Waals surface area contributed by atoms with Crippen molar-refractivity contribution >= 4 is 5.97 Å². The molecule has 3 rings (SSSR count). The van der Waals surface area contributed by atoms with Crippen LogP contribution in [0.15, 0.2) is 0 Å². The molecule has 2 aliphatic carbocycles. The molecule has 0 N–H and O–H groups in total. The lowest BCUT2D eigenvalue weighted by atomic mass is 9.76. The van der Waals surface area contributed by atoms with Crippen LogP contribution in [0.5, 0.6) is 0 Å². The molecule has 3 heteroatoms. The molecule has 0 aromatic carbocycles. The molecule has 1 spiro atoms. The summed E-state index contributed by atoms with van der Waals surface area (Å²) in [6.45, 7) is 10.6. The number of hydrogen-bond donors (Lipinski definition) is 0. The first-order valence-electron chi connectivity index (χ1n) is 8.13. The molecule has 20 heavy (non-hydrogen) atoms. The Morgan fingerprint density at radius 3 is 2.60 bits per heavy atom. The number of esters is 1. The standard InChI is InChI=1S/C17H28O3/c1-10-6-7-14-11(2)15(19-12(3)18)8-13-9-17(10,14)20-16(13,4)5/h10-11,13-15H,6-9H2,1-5H3/t10-,11-,13-,14+,15+,17+/m1/s1. The Morgan fingerprint density at radius 2 is 1.95 bits per heavy atom. The number of carbonyl (C=O) groups excluding carboxylic acids is 1. The number of hydrogen-bond acceptors (Lipinski definition) is 3. The molecule has 0 radical (unpaired) electrons. The fourth-order valence-electron chi connectivity index (χ4n) is 5.26. The van der Waals surface area contributed by atoms with Gasteiger partial charge in [-0.3, -0.25) is 4.79 Å². The zero-order valence-corrected chi connectivity index (χ0v) is 13.4. The zero-order valence-electron chi connectivity index (χ0n) is 13.4. The van der Waals surface area contributed by atoms with E-state index in [2.05, 4.69) is 27.7 Å². The Kier molecular flexibility index (Phi) is 3.20. The van der Waals surface area contributed by atoms with Gasteiger partial charge in [-0.1, -0.05) is 13.8 Å². The molecule has 0 aromatic rings. The second-order valence-electron chi connectivity index (χ2n) is 7.89. The average molecular weight is 280 g/mol. The molecular weight excluding hydrogens is 252 g/mol. The summed E-state index contributed by atoms with van der Waals surface area (Å²) in [4.78, 5) is 11.4. The SMILES string of the molecule is CC(=O)O[C@H]1C[C@@H]2C[C@]3(OC2(C)C)[C@H](C)CC[C@H]3[C@H]1C. The molecule has 3 fully saturated rings. The van der Waals surface area contributed by atoms with Crippen molar-refractivity contribution in [2.45, 2.75) is 77.6 Å². The highest BCUT2D eigenvalue weighted by molar-refractivity contribution is 5.66. The summed E-state index contributed by atoms with van der Waals surface area (Å²) in [5.74, 6) is 1.92. The van der Waals surface area contributed by atoms with Crippen molar-refractivity contribution in [1.82, 2.24) is 0 Å². The van der Waals surface area contributed by atoms with Crippen LogP contribution in [0.3, 0.4) is 0 Å². The molecule has 1 saturated heterocycles. The molecule has 0 unspecified atom stereocenters. The number of carbonyl (C=O) groups is 1. The Morgan fingerprint density at radius 1 is 1.25 bits per heavy atom. The van der Waals surface area contributed by atoms with Gasteiger partial charge in [0.25, 0.3) is 0 Å². The minimum atomic E-state index is -0.140. The molecule has 1 aliphatic heterocycles. The predicted molar refractivity (Wildman–Crippen MR) is 77.2 cm³/mol. The van der Waals surface area contributed by atoms with Crippen molar-refractivity contribution in [1.29, 1.82) is 0 Å². The van der Waals surface area contributed by atoms with E-state index in [1.54, 1.807) is 0 Å². The minimum Gasteiger partial charge on any atom is -0.462 e. The van der Waals surface area contributed by atoms with E-state index >= 15 is 0 Å². The second kappa shape index (κ2) is 4.46. The summed E-state index contributed by atoms with van der Waals surface area (Å²) in [6.07, 6.45) is 4.62. The second-order valence-corrected chi connectivity index (χ2v) is 7.89. The summed E-state index contributed by atoms with van der Waals surface area (Å²) in [5.41, 5.74) is -0.0577. The first-order valence-corrected chi connectivity index (χ1v) is 8.13. The van der Waals surface area contributed by atoms with Crippen LogP contribution < -0.4 is 0 Å². The molecule has 2 saturated carbocycles. The topological polar surface area (TPSA) is 35.5 Å². The van der Waals surface area contributed by atoms with E-state index in [4.69, 9.17) is 9.47 Å². The van der Waals surface area contributed by atoms with Crippen LogP contribution in [0.25, 0.3) is 0 Å². The third-order valence-electron chi connectivity index (χ3n) is 6.43. The smallest absolute Gasteiger partial charge is 0.302 e. The van der Waals surface area contributed by atoms with Gasteiger partial charge >= 0.3 is 5.97 Å². The van der Waals surface area contributed by atoms with E-state index in [0.717, 1.165) is 12.8 Å². The van der Waals surface area contributed by atoms with Crippen molar-refractivity contribution in [3.63, 3.8) is 0 Å². The Bertz CT molecular complexity index is 416. The van der Waals surface area contributed by atoms with Gasteiger partial charge in [0.05, 0.1) is 11.2 Å². The Balaban J connectivity index is 1.96. The van der Waals surface area contributed by atoms with Crippen LogP contribution in [-0.4, -0.2) is 23.3 Å². The number of rotatable bonds is 1. The molecular formula is C17H28O3. The summed E-state index contributed by atoms with van der Waals surface area (Å²) in [7, 11) is 0. The van der Waals surface area contributed by atoms with E-state index in [9.17, 15) is 4.79 Å². The largest absolute Gasteiger partial charge is 0.462 e. The van der Waals surface area contributed by atoms with Crippen LogP contribution in [0, 0.1) is 23.7 Å². The molecule has 0 amide bonds. The lowest BCUT2D eigenvalue weighted by Gasteiger charge is -2.42. The van der Waals surface area contributed by atoms with Crippen molar-refractivity contribution < 1.29 is 14.3 Å². The van der Waals surface area contributed by atoms with Crippen molar-refractivity contribution in [2.75, 3.05) is 0 Å². The minimum absolute atomic E-state index is 0.0302. The van der Waals surface area contributed by atoms with E-state index in [1.807, 2.05) is 0 Å². The maximum atomic E-state index is 11.4. The predicted octanol–water partition coefficient (Wildman–Crippen LogP) is 3.56. The van der Waals surface area contributed by atoms with Crippen LogP contribution >= 0.6 is 0 Å². The van der Waals surface area contributed by atoms with Crippen LogP contribution in [0.2, 0.25) is 0 Å². The van der Waals surface area contributed by atoms with Crippen molar-refractivity contribution in [3.8, 4) is 0 Å². The summed E-state index contributed by atoms with van der Waals surface area (Å²) in [5, 5.41) is 0. The highest BCUT2D eigenvalue weighted by atomic mass is 16.5. The zero-order chi connectivity index (χ0) is 14.7. The van der Waals surface area contributed by atoms with Gasteiger partial charge in [0.15, 0.2) is 0 Å². The van der Waals surface area contributed by atoms with Gasteiger partial charge in [0.2, 0.25) is 0 Å². The monoisotopic (exact) mass is 280 g/mol. The van der Waals surface area contributed by atoms with Gasteiger partial charge in [-0.05, 0) is 63.2 Å². The third kappa shape index (κ3) is 1.93. The van der Waals surface area contributed by atoms with E-state index < -0.39 is 0 Å². The quantitative estimate of drug-likeness (QED) is 0.689. The number of fused-ring (bicyclic) bond motifs is 1. The van der Waals surface area contributed by atoms with Crippen molar-refractivity contribution in [2.24, 2.45) is 23.7 Å². The first-order chi connectivity index (χ1) is 9.26. The molecule has 1 heterocycles. The van der Waals surface area contributed by atoms with Gasteiger partial charge in [-0.25, -0.2) is 0 Å². The van der Waals surface area contributed by atoms with Crippen LogP contribution in [0.1, 0.15) is 60.3 Å². The normalized spacial score (nSPS) is 49.5. The maximum Gasteiger partial charge on any atom is 0.302 e. The highest BCUT2D eigenvalue weighted by Crippen LogP contribution is 2.61. The van der Waals surface area contributed by atoms with Crippen LogP contribution in [-0.2, 0) is 14.3 Å². The van der Waals surface area contributed by atoms with Gasteiger partial charge in [0.1, 0.15) is 6.10 Å². The van der Waals surface area contributed by atoms with Crippen molar-refractivity contribution in [3.05, 3.63) is 0 Å². The summed E-state index contributed by atoms with van der Waals surface area (Å²) < 4.78 is 12.3. The van der Waals surface area contributed by atoms with Gasteiger partial charge in [-0.2, -0.15) is 0 Å². The molecule has 0 aromatic heterocycles. The first kappa shape index (κ1) is 14.4. The summed E-state index contributed by atoms with van der Waals surface area (Å²) >= 11 is 0. The van der Waals surface area contributed by atoms with Gasteiger partial charge in [-0.15, -0.1) is 0 Å². The fourth-order valence-corrected chi connectivity index (χ4v) is 5.26. The molecule has 114 valence electrons. The number of ether oxygens (including phenoxy) is 2. The Hall–Kier alpha value is -0.570. The highest BCUT2D eigenvalue weighted by Gasteiger charge is 2.63. The molecule has 3 aliphatic rings.